The van der Waals surface area contributed by atoms with Gasteiger partial charge in [0.25, 0.3) is 0 Å². The minimum atomic E-state index is -0.158. The zero-order valence-corrected chi connectivity index (χ0v) is 14.1. The van der Waals surface area contributed by atoms with E-state index in [0.717, 1.165) is 17.5 Å². The van der Waals surface area contributed by atoms with E-state index in [1.54, 1.807) is 6.07 Å². The molecule has 0 fully saturated rings. The van der Waals surface area contributed by atoms with Gasteiger partial charge in [-0.1, -0.05) is 44.0 Å². The molecule has 0 aliphatic heterocycles. The average molecular weight is 314 g/mol. The van der Waals surface area contributed by atoms with Crippen LogP contribution in [0.25, 0.3) is 11.0 Å². The van der Waals surface area contributed by atoms with Gasteiger partial charge in [-0.3, -0.25) is 0 Å². The van der Waals surface area contributed by atoms with E-state index in [1.807, 2.05) is 6.07 Å². The Morgan fingerprint density at radius 1 is 1.10 bits per heavy atom. The molecule has 2 aromatic rings. The van der Waals surface area contributed by atoms with Crippen molar-refractivity contribution in [2.75, 3.05) is 5.73 Å². The lowest BCUT2D eigenvalue weighted by Crippen LogP contribution is -2.32. The van der Waals surface area contributed by atoms with Crippen LogP contribution in [-0.4, -0.2) is 9.55 Å². The number of fused-ring (bicyclic) bond motifs is 1. The predicted octanol–water partition coefficient (Wildman–Crippen LogP) is 5.10. The second kappa shape index (κ2) is 4.81. The van der Waals surface area contributed by atoms with Crippen LogP contribution < -0.4 is 5.73 Å². The van der Waals surface area contributed by atoms with Crippen LogP contribution in [0, 0.1) is 5.41 Å². The van der Waals surface area contributed by atoms with Gasteiger partial charge < -0.3 is 10.3 Å². The minimum absolute atomic E-state index is 0.158. The van der Waals surface area contributed by atoms with Gasteiger partial charge in [-0.2, -0.15) is 0 Å². The number of nitrogens with two attached hydrogens (primary N) is 1. The number of rotatable bonds is 2. The maximum atomic E-state index is 6.14. The smallest absolute Gasteiger partial charge is 0.201 e. The maximum Gasteiger partial charge on any atom is 0.201 e. The van der Waals surface area contributed by atoms with Crippen LogP contribution in [0.4, 0.5) is 5.95 Å². The van der Waals surface area contributed by atoms with Crippen molar-refractivity contribution in [3.05, 3.63) is 22.2 Å². The lowest BCUT2D eigenvalue weighted by molar-refractivity contribution is 0.222. The first-order chi connectivity index (χ1) is 9.01. The fourth-order valence-corrected chi connectivity index (χ4v) is 3.42. The summed E-state index contributed by atoms with van der Waals surface area (Å²) in [7, 11) is 0. The van der Waals surface area contributed by atoms with Crippen LogP contribution in [-0.2, 0) is 5.54 Å². The molecule has 3 nitrogen and oxygen atoms in total. The van der Waals surface area contributed by atoms with Gasteiger partial charge in [0.15, 0.2) is 0 Å². The molecule has 0 atom stereocenters. The molecule has 0 unspecified atom stereocenters. The van der Waals surface area contributed by atoms with E-state index in [1.165, 1.54) is 0 Å². The minimum Gasteiger partial charge on any atom is -0.369 e. The van der Waals surface area contributed by atoms with Crippen molar-refractivity contribution in [2.24, 2.45) is 5.41 Å². The highest BCUT2D eigenvalue weighted by Gasteiger charge is 2.30. The molecule has 1 heterocycles. The van der Waals surface area contributed by atoms with Crippen LogP contribution >= 0.6 is 23.2 Å². The first-order valence-corrected chi connectivity index (χ1v) is 7.40. The van der Waals surface area contributed by atoms with Crippen LogP contribution in [0.15, 0.2) is 12.1 Å². The van der Waals surface area contributed by atoms with Gasteiger partial charge >= 0.3 is 0 Å². The summed E-state index contributed by atoms with van der Waals surface area (Å²) in [6, 6.07) is 3.60. The zero-order chi connectivity index (χ0) is 15.3. The first kappa shape index (κ1) is 15.5. The van der Waals surface area contributed by atoms with Crippen molar-refractivity contribution in [3.63, 3.8) is 0 Å². The van der Waals surface area contributed by atoms with Gasteiger partial charge in [0.05, 0.1) is 21.1 Å². The Bertz CT molecular complexity index is 651. The average Bonchev–Trinajstić information content (AvgIpc) is 2.51. The van der Waals surface area contributed by atoms with Gasteiger partial charge in [0.1, 0.15) is 0 Å². The summed E-state index contributed by atoms with van der Waals surface area (Å²) < 4.78 is 2.05. The molecule has 0 amide bonds. The molecule has 0 aliphatic carbocycles. The quantitative estimate of drug-likeness (QED) is 0.838. The molecule has 1 aromatic heterocycles. The van der Waals surface area contributed by atoms with Crippen molar-refractivity contribution < 1.29 is 0 Å². The molecule has 0 spiro atoms. The highest BCUT2D eigenvalue weighted by Crippen LogP contribution is 2.38. The van der Waals surface area contributed by atoms with E-state index < -0.39 is 0 Å². The third-order valence-corrected chi connectivity index (χ3v) is 4.01. The predicted molar refractivity (Wildman–Crippen MR) is 87.6 cm³/mol. The summed E-state index contributed by atoms with van der Waals surface area (Å²) in [6.45, 7) is 11.0. The standard InChI is InChI=1S/C15H21Cl2N3/c1-14(2,3)8-15(4,5)20-12-7-10(17)9(16)6-11(12)19-13(20)18/h6-7H,8H2,1-5H3,(H2,18,19). The number of nitrogens with zero attached hydrogens (tertiary/aromatic N) is 2. The Hall–Kier alpha value is -0.930. The van der Waals surface area contributed by atoms with Gasteiger partial charge in [0, 0.05) is 5.54 Å². The van der Waals surface area contributed by atoms with Crippen molar-refractivity contribution >= 4 is 40.2 Å². The number of anilines is 1. The molecule has 2 N–H and O–H groups in total. The normalized spacial score (nSPS) is 13.2. The number of halogens is 2. The summed E-state index contributed by atoms with van der Waals surface area (Å²) in [4.78, 5) is 4.41. The highest BCUT2D eigenvalue weighted by molar-refractivity contribution is 6.42. The van der Waals surface area contributed by atoms with Crippen LogP contribution in [0.2, 0.25) is 10.0 Å². The van der Waals surface area contributed by atoms with Gasteiger partial charge in [-0.05, 0) is 37.8 Å². The second-order valence-electron chi connectivity index (χ2n) is 7.11. The van der Waals surface area contributed by atoms with E-state index in [2.05, 4.69) is 44.2 Å². The topological polar surface area (TPSA) is 43.8 Å². The largest absolute Gasteiger partial charge is 0.369 e. The molecule has 5 heteroatoms. The van der Waals surface area contributed by atoms with Crippen LogP contribution in [0.1, 0.15) is 41.0 Å². The van der Waals surface area contributed by atoms with Gasteiger partial charge in [0.2, 0.25) is 5.95 Å². The molecular weight excluding hydrogens is 293 g/mol. The Labute approximate surface area is 130 Å². The summed E-state index contributed by atoms with van der Waals surface area (Å²) in [6.07, 6.45) is 0.968. The summed E-state index contributed by atoms with van der Waals surface area (Å²) in [5.41, 5.74) is 7.85. The van der Waals surface area contributed by atoms with Crippen LogP contribution in [0.3, 0.4) is 0 Å². The molecular formula is C15H21Cl2N3. The van der Waals surface area contributed by atoms with Crippen molar-refractivity contribution in [3.8, 4) is 0 Å². The van der Waals surface area contributed by atoms with Gasteiger partial charge in [-0.25, -0.2) is 4.98 Å². The number of hydrogen-bond acceptors (Lipinski definition) is 2. The first-order valence-electron chi connectivity index (χ1n) is 6.65. The lowest BCUT2D eigenvalue weighted by Gasteiger charge is -2.34. The molecule has 0 aliphatic rings. The zero-order valence-electron chi connectivity index (χ0n) is 12.6. The Morgan fingerprint density at radius 3 is 2.20 bits per heavy atom. The number of hydrogen-bond donors (Lipinski definition) is 1. The van der Waals surface area contributed by atoms with E-state index >= 15 is 0 Å². The third kappa shape index (κ3) is 2.89. The monoisotopic (exact) mass is 313 g/mol. The number of benzene rings is 1. The van der Waals surface area contributed by atoms with Crippen LogP contribution in [0.5, 0.6) is 0 Å². The number of nitrogen functional groups attached to an aromatic ring is 1. The van der Waals surface area contributed by atoms with E-state index in [-0.39, 0.29) is 11.0 Å². The fraction of sp³-hybridized carbons (Fsp3) is 0.533. The molecule has 0 saturated carbocycles. The van der Waals surface area contributed by atoms with Crippen molar-refractivity contribution in [2.45, 2.75) is 46.6 Å². The molecule has 20 heavy (non-hydrogen) atoms. The molecule has 2 rings (SSSR count). The van der Waals surface area contributed by atoms with Crippen molar-refractivity contribution in [1.29, 1.82) is 0 Å². The van der Waals surface area contributed by atoms with Crippen molar-refractivity contribution in [1.82, 2.24) is 9.55 Å². The molecule has 0 saturated heterocycles. The summed E-state index contributed by atoms with van der Waals surface area (Å²) in [5, 5.41) is 1.02. The molecule has 0 radical (unpaired) electrons. The molecule has 1 aromatic carbocycles. The maximum absolute atomic E-state index is 6.14. The van der Waals surface area contributed by atoms with E-state index in [0.29, 0.717) is 16.0 Å². The van der Waals surface area contributed by atoms with Gasteiger partial charge in [-0.15, -0.1) is 0 Å². The number of imidazole rings is 1. The SMILES string of the molecule is CC(C)(C)CC(C)(C)n1c(N)nc2cc(Cl)c(Cl)cc21. The molecule has 0 bridgehead atoms. The van der Waals surface area contributed by atoms with E-state index in [9.17, 15) is 0 Å². The number of aromatic nitrogens is 2. The lowest BCUT2D eigenvalue weighted by atomic mass is 9.81. The summed E-state index contributed by atoms with van der Waals surface area (Å²) >= 11 is 12.2. The Morgan fingerprint density at radius 2 is 1.65 bits per heavy atom. The highest BCUT2D eigenvalue weighted by atomic mass is 35.5. The summed E-state index contributed by atoms with van der Waals surface area (Å²) in [5.74, 6) is 0.493. The third-order valence-electron chi connectivity index (χ3n) is 3.29. The fourth-order valence-electron chi connectivity index (χ4n) is 3.10. The van der Waals surface area contributed by atoms with E-state index in [4.69, 9.17) is 28.9 Å². The Kier molecular flexibility index (Phi) is 3.72. The Balaban J connectivity index is 2.64. The molecule has 110 valence electrons. The second-order valence-corrected chi connectivity index (χ2v) is 7.92.